The Hall–Kier alpha value is -0.830. The van der Waals surface area contributed by atoms with E-state index < -0.39 is 0 Å². The zero-order valence-corrected chi connectivity index (χ0v) is 12.5. The minimum absolute atomic E-state index is 0.448. The van der Waals surface area contributed by atoms with E-state index in [4.69, 9.17) is 0 Å². The van der Waals surface area contributed by atoms with Gasteiger partial charge in [0.25, 0.3) is 0 Å². The molecule has 1 aromatic rings. The predicted molar refractivity (Wildman–Crippen MR) is 75.8 cm³/mol. The van der Waals surface area contributed by atoms with Crippen molar-refractivity contribution in [3.05, 3.63) is 17.0 Å². The second-order valence-electron chi connectivity index (χ2n) is 7.11. The molecule has 3 heteroatoms. The smallest absolute Gasteiger partial charge is 0.0644 e. The lowest BCUT2D eigenvalue weighted by molar-refractivity contribution is 0.432. The van der Waals surface area contributed by atoms with E-state index in [-0.39, 0.29) is 0 Å². The van der Waals surface area contributed by atoms with Gasteiger partial charge in [0.05, 0.1) is 5.69 Å². The lowest BCUT2D eigenvalue weighted by atomic mass is 10.0. The summed E-state index contributed by atoms with van der Waals surface area (Å²) < 4.78 is 2.01. The van der Waals surface area contributed by atoms with Gasteiger partial charge >= 0.3 is 0 Å². The van der Waals surface area contributed by atoms with Crippen LogP contribution in [0, 0.1) is 37.5 Å². The number of hydrogen-bond donors (Lipinski definition) is 1. The van der Waals surface area contributed by atoms with E-state index in [9.17, 15) is 0 Å². The number of nitrogens with zero attached hydrogens (tertiary/aromatic N) is 2. The number of aryl methyl sites for hydroxylation is 2. The molecule has 5 unspecified atom stereocenters. The Balaban J connectivity index is 1.49. The lowest BCUT2D eigenvalue weighted by Crippen LogP contribution is -2.26. The van der Waals surface area contributed by atoms with Crippen molar-refractivity contribution in [2.24, 2.45) is 30.7 Å². The SMILES string of the molecule is Cc1nn(C)c(C)c1C(C)NC1C2C3CCC(C3)C12. The highest BCUT2D eigenvalue weighted by atomic mass is 15.3. The maximum atomic E-state index is 4.55. The van der Waals surface area contributed by atoms with Crippen molar-refractivity contribution in [2.45, 2.75) is 52.1 Å². The third-order valence-corrected chi connectivity index (χ3v) is 6.18. The summed E-state index contributed by atoms with van der Waals surface area (Å²) in [6.07, 6.45) is 4.54. The Kier molecular flexibility index (Phi) is 2.42. The molecule has 3 aliphatic rings. The van der Waals surface area contributed by atoms with Crippen molar-refractivity contribution in [3.8, 4) is 0 Å². The molecule has 3 fully saturated rings. The van der Waals surface area contributed by atoms with Crippen LogP contribution < -0.4 is 5.32 Å². The number of rotatable bonds is 3. The monoisotopic (exact) mass is 259 g/mol. The molecule has 0 amide bonds. The zero-order chi connectivity index (χ0) is 13.3. The number of nitrogens with one attached hydrogen (secondary N) is 1. The van der Waals surface area contributed by atoms with Crippen LogP contribution in [0.1, 0.15) is 49.2 Å². The molecule has 1 N–H and O–H groups in total. The van der Waals surface area contributed by atoms with E-state index >= 15 is 0 Å². The highest BCUT2D eigenvalue weighted by Crippen LogP contribution is 2.65. The van der Waals surface area contributed by atoms with Gasteiger partial charge in [-0.2, -0.15) is 5.10 Å². The van der Waals surface area contributed by atoms with Crippen LogP contribution in [-0.2, 0) is 7.05 Å². The fourth-order valence-corrected chi connectivity index (χ4v) is 5.34. The van der Waals surface area contributed by atoms with Gasteiger partial charge in [0.1, 0.15) is 0 Å². The van der Waals surface area contributed by atoms with E-state index in [2.05, 4.69) is 31.2 Å². The molecule has 0 saturated heterocycles. The maximum absolute atomic E-state index is 4.55. The van der Waals surface area contributed by atoms with Gasteiger partial charge in [-0.1, -0.05) is 0 Å². The average molecular weight is 259 g/mol. The third-order valence-electron chi connectivity index (χ3n) is 6.18. The summed E-state index contributed by atoms with van der Waals surface area (Å²) in [5.74, 6) is 4.13. The first-order chi connectivity index (χ1) is 9.08. The van der Waals surface area contributed by atoms with Crippen molar-refractivity contribution in [2.75, 3.05) is 0 Å². The van der Waals surface area contributed by atoms with Crippen LogP contribution in [0.4, 0.5) is 0 Å². The Morgan fingerprint density at radius 1 is 1.21 bits per heavy atom. The van der Waals surface area contributed by atoms with Gasteiger partial charge in [-0.3, -0.25) is 4.68 Å². The molecule has 2 bridgehead atoms. The standard InChI is InChI=1S/C16H25N3/c1-8(13-9(2)18-19(4)10(13)3)17-16-14-11-5-6-12(7-11)15(14)16/h8,11-12,14-17H,5-7H2,1-4H3. The van der Waals surface area contributed by atoms with Crippen LogP contribution >= 0.6 is 0 Å². The van der Waals surface area contributed by atoms with E-state index in [1.807, 2.05) is 11.7 Å². The molecule has 1 aromatic heterocycles. The molecule has 0 radical (unpaired) electrons. The Labute approximate surface area is 115 Å². The van der Waals surface area contributed by atoms with Crippen LogP contribution in [-0.4, -0.2) is 15.8 Å². The molecule has 3 saturated carbocycles. The fraction of sp³-hybridized carbons (Fsp3) is 0.812. The Morgan fingerprint density at radius 2 is 1.84 bits per heavy atom. The molecule has 104 valence electrons. The minimum atomic E-state index is 0.448. The molecule has 0 spiro atoms. The van der Waals surface area contributed by atoms with Gasteiger partial charge in [-0.15, -0.1) is 0 Å². The lowest BCUT2D eigenvalue weighted by Gasteiger charge is -2.17. The van der Waals surface area contributed by atoms with Gasteiger partial charge in [-0.05, 0) is 63.7 Å². The van der Waals surface area contributed by atoms with Gasteiger partial charge in [0, 0.05) is 30.4 Å². The first-order valence-electron chi connectivity index (χ1n) is 7.84. The molecule has 3 aliphatic carbocycles. The Morgan fingerprint density at radius 3 is 2.37 bits per heavy atom. The zero-order valence-electron chi connectivity index (χ0n) is 12.5. The van der Waals surface area contributed by atoms with Crippen molar-refractivity contribution in [3.63, 3.8) is 0 Å². The summed E-state index contributed by atoms with van der Waals surface area (Å²) in [5.41, 5.74) is 3.92. The van der Waals surface area contributed by atoms with Crippen molar-refractivity contribution < 1.29 is 0 Å². The Bertz CT molecular complexity index is 502. The van der Waals surface area contributed by atoms with Crippen LogP contribution in [0.25, 0.3) is 0 Å². The van der Waals surface area contributed by atoms with Crippen LogP contribution in [0.5, 0.6) is 0 Å². The van der Waals surface area contributed by atoms with E-state index in [1.165, 1.54) is 36.2 Å². The second-order valence-corrected chi connectivity index (χ2v) is 7.11. The summed E-state index contributed by atoms with van der Waals surface area (Å²) in [6, 6.07) is 1.25. The summed E-state index contributed by atoms with van der Waals surface area (Å²) in [5, 5.41) is 8.47. The van der Waals surface area contributed by atoms with Crippen molar-refractivity contribution >= 4 is 0 Å². The minimum Gasteiger partial charge on any atom is -0.307 e. The molecule has 0 aromatic carbocycles. The number of aromatic nitrogens is 2. The topological polar surface area (TPSA) is 29.9 Å². The predicted octanol–water partition coefficient (Wildman–Crippen LogP) is 2.73. The van der Waals surface area contributed by atoms with Gasteiger partial charge in [0.2, 0.25) is 0 Å². The number of hydrogen-bond acceptors (Lipinski definition) is 2. The van der Waals surface area contributed by atoms with Crippen LogP contribution in [0.15, 0.2) is 0 Å². The van der Waals surface area contributed by atoms with Crippen molar-refractivity contribution in [1.29, 1.82) is 0 Å². The van der Waals surface area contributed by atoms with Gasteiger partial charge in [-0.25, -0.2) is 0 Å². The first-order valence-corrected chi connectivity index (χ1v) is 7.84. The highest BCUT2D eigenvalue weighted by molar-refractivity contribution is 5.29. The second kappa shape index (κ2) is 3.85. The van der Waals surface area contributed by atoms with E-state index in [1.54, 1.807) is 0 Å². The van der Waals surface area contributed by atoms with E-state index in [0.29, 0.717) is 6.04 Å². The molecule has 3 nitrogen and oxygen atoms in total. The molecule has 5 atom stereocenters. The summed E-state index contributed by atoms with van der Waals surface area (Å²) in [4.78, 5) is 0. The van der Waals surface area contributed by atoms with E-state index in [0.717, 1.165) is 29.7 Å². The largest absolute Gasteiger partial charge is 0.307 e. The molecule has 1 heterocycles. The quantitative estimate of drug-likeness (QED) is 0.904. The van der Waals surface area contributed by atoms with Gasteiger partial charge in [0.15, 0.2) is 0 Å². The summed E-state index contributed by atoms with van der Waals surface area (Å²) in [7, 11) is 2.05. The molecular weight excluding hydrogens is 234 g/mol. The van der Waals surface area contributed by atoms with Crippen molar-refractivity contribution in [1.82, 2.24) is 15.1 Å². The third kappa shape index (κ3) is 1.57. The molecular formula is C16H25N3. The normalized spacial score (nSPS) is 40.5. The molecule has 19 heavy (non-hydrogen) atoms. The maximum Gasteiger partial charge on any atom is 0.0644 e. The fourth-order valence-electron chi connectivity index (χ4n) is 5.34. The highest BCUT2D eigenvalue weighted by Gasteiger charge is 2.64. The summed E-state index contributed by atoms with van der Waals surface area (Å²) in [6.45, 7) is 6.63. The average Bonchev–Trinajstić information content (AvgIpc) is 2.71. The number of fused-ring (bicyclic) bond motifs is 5. The summed E-state index contributed by atoms with van der Waals surface area (Å²) >= 11 is 0. The van der Waals surface area contributed by atoms with Gasteiger partial charge < -0.3 is 5.32 Å². The van der Waals surface area contributed by atoms with Crippen LogP contribution in [0.3, 0.4) is 0 Å². The molecule has 0 aliphatic heterocycles. The van der Waals surface area contributed by atoms with Crippen LogP contribution in [0.2, 0.25) is 0 Å². The molecule has 4 rings (SSSR count). The first kappa shape index (κ1) is 12.0.